The van der Waals surface area contributed by atoms with Crippen LogP contribution in [-0.2, 0) is 22.6 Å². The Balaban J connectivity index is 2.11. The second-order valence-electron chi connectivity index (χ2n) is 4.96. The van der Waals surface area contributed by atoms with E-state index in [4.69, 9.17) is 10.5 Å². The van der Waals surface area contributed by atoms with Gasteiger partial charge in [0, 0.05) is 31.4 Å². The number of fused-ring (bicyclic) bond motifs is 1. The molecule has 0 bridgehead atoms. The first-order valence-corrected chi connectivity index (χ1v) is 6.70. The molecule has 0 spiro atoms. The van der Waals surface area contributed by atoms with Crippen LogP contribution in [0.2, 0.25) is 0 Å². The zero-order chi connectivity index (χ0) is 14.5. The van der Waals surface area contributed by atoms with Crippen LogP contribution in [0, 0.1) is 0 Å². The van der Waals surface area contributed by atoms with Crippen LogP contribution < -0.4 is 11.1 Å². The first-order chi connectivity index (χ1) is 9.63. The SMILES string of the molecule is COCC(C)NC(=O)Cn1ccc2ccc(CN)cc21. The van der Waals surface area contributed by atoms with Crippen LogP contribution in [-0.4, -0.2) is 30.2 Å². The van der Waals surface area contributed by atoms with Gasteiger partial charge in [-0.3, -0.25) is 4.79 Å². The van der Waals surface area contributed by atoms with E-state index in [2.05, 4.69) is 5.32 Å². The number of hydrogen-bond acceptors (Lipinski definition) is 3. The van der Waals surface area contributed by atoms with Gasteiger partial charge in [0.15, 0.2) is 0 Å². The monoisotopic (exact) mass is 275 g/mol. The Morgan fingerprint density at radius 3 is 2.95 bits per heavy atom. The van der Waals surface area contributed by atoms with Crippen molar-refractivity contribution < 1.29 is 9.53 Å². The quantitative estimate of drug-likeness (QED) is 0.833. The Bertz CT molecular complexity index is 592. The van der Waals surface area contributed by atoms with Gasteiger partial charge in [0.2, 0.25) is 5.91 Å². The molecule has 20 heavy (non-hydrogen) atoms. The molecule has 5 heteroatoms. The van der Waals surface area contributed by atoms with Crippen molar-refractivity contribution in [1.29, 1.82) is 0 Å². The molecule has 5 nitrogen and oxygen atoms in total. The number of carbonyl (C=O) groups excluding carboxylic acids is 1. The molecule has 0 aliphatic heterocycles. The molecule has 1 unspecified atom stereocenters. The predicted molar refractivity (Wildman–Crippen MR) is 79.3 cm³/mol. The van der Waals surface area contributed by atoms with Crippen molar-refractivity contribution in [3.8, 4) is 0 Å². The molecule has 1 amide bonds. The van der Waals surface area contributed by atoms with Crippen LogP contribution >= 0.6 is 0 Å². The standard InChI is InChI=1S/C15H21N3O2/c1-11(10-20-2)17-15(19)9-18-6-5-13-4-3-12(8-16)7-14(13)18/h3-7,11H,8-10,16H2,1-2H3,(H,17,19). The third-order valence-corrected chi connectivity index (χ3v) is 3.21. The third kappa shape index (κ3) is 3.37. The Labute approximate surface area is 118 Å². The van der Waals surface area contributed by atoms with Crippen molar-refractivity contribution in [2.45, 2.75) is 26.1 Å². The topological polar surface area (TPSA) is 69.3 Å². The third-order valence-electron chi connectivity index (χ3n) is 3.21. The number of methoxy groups -OCH3 is 1. The maximum atomic E-state index is 12.0. The first-order valence-electron chi connectivity index (χ1n) is 6.70. The number of aromatic nitrogens is 1. The molecule has 0 saturated carbocycles. The van der Waals surface area contributed by atoms with Crippen LogP contribution in [0.3, 0.4) is 0 Å². The van der Waals surface area contributed by atoms with Crippen molar-refractivity contribution in [3.63, 3.8) is 0 Å². The van der Waals surface area contributed by atoms with E-state index in [1.165, 1.54) is 0 Å². The summed E-state index contributed by atoms with van der Waals surface area (Å²) in [5.41, 5.74) is 7.75. The number of hydrogen-bond donors (Lipinski definition) is 2. The highest BCUT2D eigenvalue weighted by atomic mass is 16.5. The lowest BCUT2D eigenvalue weighted by Crippen LogP contribution is -2.37. The summed E-state index contributed by atoms with van der Waals surface area (Å²) in [5, 5.41) is 4.01. The Morgan fingerprint density at radius 2 is 2.25 bits per heavy atom. The number of nitrogens with zero attached hydrogens (tertiary/aromatic N) is 1. The summed E-state index contributed by atoms with van der Waals surface area (Å²) in [5.74, 6) is -0.0230. The molecule has 1 heterocycles. The Hall–Kier alpha value is -1.85. The Morgan fingerprint density at radius 1 is 1.45 bits per heavy atom. The minimum absolute atomic E-state index is 0.00827. The average Bonchev–Trinajstić information content (AvgIpc) is 2.81. The molecule has 0 fully saturated rings. The lowest BCUT2D eigenvalue weighted by Gasteiger charge is -2.13. The minimum atomic E-state index is -0.0230. The number of nitrogens with two attached hydrogens (primary N) is 1. The molecular formula is C15H21N3O2. The fourth-order valence-electron chi connectivity index (χ4n) is 2.26. The van der Waals surface area contributed by atoms with Gasteiger partial charge in [-0.15, -0.1) is 0 Å². The second kappa shape index (κ2) is 6.54. The van der Waals surface area contributed by atoms with Crippen molar-refractivity contribution in [2.75, 3.05) is 13.7 Å². The van der Waals surface area contributed by atoms with Crippen LogP contribution in [0.1, 0.15) is 12.5 Å². The van der Waals surface area contributed by atoms with Crippen LogP contribution in [0.5, 0.6) is 0 Å². The lowest BCUT2D eigenvalue weighted by atomic mass is 10.1. The van der Waals surface area contributed by atoms with E-state index >= 15 is 0 Å². The zero-order valence-electron chi connectivity index (χ0n) is 11.9. The van der Waals surface area contributed by atoms with Gasteiger partial charge in [-0.05, 0) is 30.0 Å². The maximum absolute atomic E-state index is 12.0. The van der Waals surface area contributed by atoms with Crippen molar-refractivity contribution in [2.24, 2.45) is 5.73 Å². The van der Waals surface area contributed by atoms with E-state index in [9.17, 15) is 4.79 Å². The molecule has 108 valence electrons. The van der Waals surface area contributed by atoms with Gasteiger partial charge in [-0.25, -0.2) is 0 Å². The lowest BCUT2D eigenvalue weighted by molar-refractivity contribution is -0.122. The molecule has 1 aromatic carbocycles. The molecule has 0 aliphatic carbocycles. The van der Waals surface area contributed by atoms with E-state index in [0.717, 1.165) is 16.5 Å². The number of amides is 1. The summed E-state index contributed by atoms with van der Waals surface area (Å²) in [6.07, 6.45) is 1.92. The summed E-state index contributed by atoms with van der Waals surface area (Å²) in [6, 6.07) is 8.07. The number of nitrogens with one attached hydrogen (secondary N) is 1. The van der Waals surface area contributed by atoms with E-state index in [0.29, 0.717) is 19.7 Å². The van der Waals surface area contributed by atoms with Crippen LogP contribution in [0.25, 0.3) is 10.9 Å². The van der Waals surface area contributed by atoms with Crippen molar-refractivity contribution in [3.05, 3.63) is 36.0 Å². The minimum Gasteiger partial charge on any atom is -0.383 e. The summed E-state index contributed by atoms with van der Waals surface area (Å²) >= 11 is 0. The van der Waals surface area contributed by atoms with Gasteiger partial charge in [-0.1, -0.05) is 12.1 Å². The maximum Gasteiger partial charge on any atom is 0.240 e. The number of ether oxygens (including phenoxy) is 1. The van der Waals surface area contributed by atoms with E-state index in [1.807, 2.05) is 42.0 Å². The molecule has 0 aliphatic rings. The number of benzene rings is 1. The Kier molecular flexibility index (Phi) is 4.76. The number of carbonyl (C=O) groups is 1. The summed E-state index contributed by atoms with van der Waals surface area (Å²) in [4.78, 5) is 12.0. The molecule has 3 N–H and O–H groups in total. The van der Waals surface area contributed by atoms with Gasteiger partial charge < -0.3 is 20.4 Å². The largest absolute Gasteiger partial charge is 0.383 e. The summed E-state index contributed by atoms with van der Waals surface area (Å²) in [7, 11) is 1.62. The van der Waals surface area contributed by atoms with Gasteiger partial charge in [0.25, 0.3) is 0 Å². The molecule has 2 aromatic rings. The van der Waals surface area contributed by atoms with Crippen LogP contribution in [0.4, 0.5) is 0 Å². The number of rotatable bonds is 6. The van der Waals surface area contributed by atoms with Crippen molar-refractivity contribution in [1.82, 2.24) is 9.88 Å². The molecule has 2 rings (SSSR count). The summed E-state index contributed by atoms with van der Waals surface area (Å²) < 4.78 is 6.94. The molecule has 0 saturated heterocycles. The van der Waals surface area contributed by atoms with Crippen molar-refractivity contribution >= 4 is 16.8 Å². The van der Waals surface area contributed by atoms with Gasteiger partial charge in [-0.2, -0.15) is 0 Å². The highest BCUT2D eigenvalue weighted by Gasteiger charge is 2.09. The van der Waals surface area contributed by atoms with E-state index in [-0.39, 0.29) is 11.9 Å². The predicted octanol–water partition coefficient (Wildman–Crippen LogP) is 1.25. The zero-order valence-corrected chi connectivity index (χ0v) is 11.9. The summed E-state index contributed by atoms with van der Waals surface area (Å²) in [6.45, 7) is 3.22. The second-order valence-corrected chi connectivity index (χ2v) is 4.96. The first kappa shape index (κ1) is 14.6. The van der Waals surface area contributed by atoms with Crippen LogP contribution in [0.15, 0.2) is 30.5 Å². The molecule has 1 atom stereocenters. The van der Waals surface area contributed by atoms with E-state index in [1.54, 1.807) is 7.11 Å². The van der Waals surface area contributed by atoms with Gasteiger partial charge in [0.1, 0.15) is 6.54 Å². The van der Waals surface area contributed by atoms with Gasteiger partial charge in [0.05, 0.1) is 6.61 Å². The fraction of sp³-hybridized carbons (Fsp3) is 0.400. The molecule has 1 aromatic heterocycles. The van der Waals surface area contributed by atoms with E-state index < -0.39 is 0 Å². The highest BCUT2D eigenvalue weighted by molar-refractivity contribution is 5.83. The van der Waals surface area contributed by atoms with Gasteiger partial charge >= 0.3 is 0 Å². The average molecular weight is 275 g/mol. The molecular weight excluding hydrogens is 254 g/mol. The molecule has 0 radical (unpaired) electrons. The fourth-order valence-corrected chi connectivity index (χ4v) is 2.26. The smallest absolute Gasteiger partial charge is 0.240 e. The normalized spacial score (nSPS) is 12.6. The highest BCUT2D eigenvalue weighted by Crippen LogP contribution is 2.17.